The van der Waals surface area contributed by atoms with Gasteiger partial charge >= 0.3 is 6.03 Å². The number of rotatable bonds is 4. The van der Waals surface area contributed by atoms with Crippen LogP contribution in [-0.4, -0.2) is 54.6 Å². The summed E-state index contributed by atoms with van der Waals surface area (Å²) in [6.07, 6.45) is 4.13. The van der Waals surface area contributed by atoms with Gasteiger partial charge in [-0.3, -0.25) is 4.90 Å². The van der Waals surface area contributed by atoms with E-state index in [4.69, 9.17) is 0 Å². The molecule has 0 unspecified atom stereocenters. The number of likely N-dealkylation sites (N-methyl/N-ethyl adjacent to an activating group) is 1. The normalized spacial score (nSPS) is 20.3. The van der Waals surface area contributed by atoms with Crippen LogP contribution >= 0.6 is 0 Å². The summed E-state index contributed by atoms with van der Waals surface area (Å²) in [6.45, 7) is 0.950. The lowest BCUT2D eigenvalue weighted by molar-refractivity contribution is 0.240. The number of carbonyl (C=O) groups is 1. The van der Waals surface area contributed by atoms with E-state index in [1.807, 2.05) is 37.2 Å². The molecule has 2 aromatic rings. The molecule has 2 N–H and O–H groups in total. The van der Waals surface area contributed by atoms with Crippen molar-refractivity contribution in [2.24, 2.45) is 0 Å². The molecule has 0 saturated carbocycles. The van der Waals surface area contributed by atoms with Crippen LogP contribution in [-0.2, 0) is 0 Å². The zero-order valence-electron chi connectivity index (χ0n) is 14.8. The van der Waals surface area contributed by atoms with E-state index in [1.54, 1.807) is 12.4 Å². The maximum absolute atomic E-state index is 12.4. The van der Waals surface area contributed by atoms with Gasteiger partial charge in [0.1, 0.15) is 0 Å². The van der Waals surface area contributed by atoms with E-state index in [2.05, 4.69) is 44.7 Å². The predicted molar refractivity (Wildman–Crippen MR) is 98.7 cm³/mol. The smallest absolute Gasteiger partial charge is 0.319 e. The highest BCUT2D eigenvalue weighted by Gasteiger charge is 2.33. The Kier molecular flexibility index (Phi) is 5.14. The van der Waals surface area contributed by atoms with Crippen LogP contribution in [0.3, 0.4) is 0 Å². The number of urea groups is 1. The number of nitrogens with zero attached hydrogens (tertiary/aromatic N) is 4. The Bertz CT molecular complexity index is 703. The molecular weight excluding hydrogens is 316 g/mol. The van der Waals surface area contributed by atoms with Crippen molar-refractivity contribution < 1.29 is 4.79 Å². The van der Waals surface area contributed by atoms with Crippen molar-refractivity contribution >= 4 is 17.7 Å². The molecule has 2 amide bonds. The first-order chi connectivity index (χ1) is 12.0. The van der Waals surface area contributed by atoms with Crippen LogP contribution in [0.1, 0.15) is 18.0 Å². The summed E-state index contributed by atoms with van der Waals surface area (Å²) in [5, 5.41) is 5.90. The second-order valence-corrected chi connectivity index (χ2v) is 6.50. The summed E-state index contributed by atoms with van der Waals surface area (Å²) < 4.78 is 0. The third-order valence-electron chi connectivity index (χ3n) is 4.40. The second-order valence-electron chi connectivity index (χ2n) is 6.50. The summed E-state index contributed by atoms with van der Waals surface area (Å²) in [5.74, 6) is 0.604. The minimum atomic E-state index is -0.234. The number of carbonyl (C=O) groups excluding carboxylic acids is 1. The molecule has 0 aliphatic carbocycles. The molecule has 1 aromatic heterocycles. The molecule has 3 rings (SSSR count). The number of anilines is 2. The van der Waals surface area contributed by atoms with E-state index in [9.17, 15) is 4.79 Å². The third kappa shape index (κ3) is 4.06. The molecule has 1 fully saturated rings. The topological polar surface area (TPSA) is 73.4 Å². The fraction of sp³-hybridized carbons (Fsp3) is 0.389. The van der Waals surface area contributed by atoms with Crippen LogP contribution in [0, 0.1) is 0 Å². The Balaban J connectivity index is 1.63. The van der Waals surface area contributed by atoms with Crippen molar-refractivity contribution in [2.45, 2.75) is 18.5 Å². The minimum Gasteiger partial charge on any atom is -0.347 e. The van der Waals surface area contributed by atoms with Gasteiger partial charge in [0.2, 0.25) is 5.95 Å². The van der Waals surface area contributed by atoms with E-state index >= 15 is 0 Å². The van der Waals surface area contributed by atoms with Gasteiger partial charge in [0.05, 0.1) is 30.2 Å². The molecular formula is C18H24N6O. The Labute approximate surface area is 148 Å². The molecule has 2 heterocycles. The Hall–Kier alpha value is -2.67. The van der Waals surface area contributed by atoms with Gasteiger partial charge in [-0.05, 0) is 19.0 Å². The van der Waals surface area contributed by atoms with Gasteiger partial charge in [-0.1, -0.05) is 30.3 Å². The van der Waals surface area contributed by atoms with Gasteiger partial charge in [0.25, 0.3) is 0 Å². The zero-order chi connectivity index (χ0) is 17.8. The minimum absolute atomic E-state index is 0.0642. The van der Waals surface area contributed by atoms with Crippen molar-refractivity contribution in [1.82, 2.24) is 20.2 Å². The highest BCUT2D eigenvalue weighted by Crippen LogP contribution is 2.30. The number of benzene rings is 1. The average Bonchev–Trinajstić information content (AvgIpc) is 2.96. The van der Waals surface area contributed by atoms with Gasteiger partial charge in [-0.25, -0.2) is 14.8 Å². The first-order valence-electron chi connectivity index (χ1n) is 8.36. The molecule has 0 bridgehead atoms. The highest BCUT2D eigenvalue weighted by atomic mass is 16.2. The number of amides is 2. The number of aromatic nitrogens is 2. The molecule has 1 aromatic carbocycles. The first-order valence-corrected chi connectivity index (χ1v) is 8.36. The molecule has 7 nitrogen and oxygen atoms in total. The summed E-state index contributed by atoms with van der Waals surface area (Å²) >= 11 is 0. The number of hydrogen-bond acceptors (Lipinski definition) is 5. The highest BCUT2D eigenvalue weighted by molar-refractivity contribution is 5.89. The molecule has 0 radical (unpaired) electrons. The summed E-state index contributed by atoms with van der Waals surface area (Å²) in [7, 11) is 5.83. The monoisotopic (exact) mass is 340 g/mol. The van der Waals surface area contributed by atoms with Gasteiger partial charge < -0.3 is 15.5 Å². The van der Waals surface area contributed by atoms with Gasteiger partial charge in [0, 0.05) is 20.6 Å². The number of likely N-dealkylation sites (tertiary alicyclic amines) is 1. The first kappa shape index (κ1) is 17.2. The Morgan fingerprint density at radius 1 is 1.20 bits per heavy atom. The molecule has 0 spiro atoms. The van der Waals surface area contributed by atoms with Crippen LogP contribution in [0.15, 0.2) is 42.7 Å². The van der Waals surface area contributed by atoms with Crippen LogP contribution in [0.25, 0.3) is 0 Å². The van der Waals surface area contributed by atoms with E-state index in [-0.39, 0.29) is 18.1 Å². The number of nitrogens with one attached hydrogen (secondary N) is 2. The molecule has 1 aliphatic heterocycles. The standard InChI is InChI=1S/C18H24N6O/c1-23(2)17-19-11-14(12-20-17)21-18(25)22-15-9-10-24(3)16(15)13-7-5-4-6-8-13/h4-8,11-12,15-16H,9-10H2,1-3H3,(H2,21,22,25)/t15-,16+/m0/s1. The molecule has 7 heteroatoms. The van der Waals surface area contributed by atoms with Crippen molar-refractivity contribution in [3.8, 4) is 0 Å². The molecule has 25 heavy (non-hydrogen) atoms. The lowest BCUT2D eigenvalue weighted by atomic mass is 10.0. The van der Waals surface area contributed by atoms with Crippen molar-refractivity contribution in [1.29, 1.82) is 0 Å². The Morgan fingerprint density at radius 3 is 2.52 bits per heavy atom. The van der Waals surface area contributed by atoms with Crippen LogP contribution in [0.5, 0.6) is 0 Å². The lowest BCUT2D eigenvalue weighted by Gasteiger charge is -2.26. The van der Waals surface area contributed by atoms with Crippen LogP contribution < -0.4 is 15.5 Å². The summed E-state index contributed by atoms with van der Waals surface area (Å²) in [4.78, 5) is 24.8. The van der Waals surface area contributed by atoms with Gasteiger partial charge in [0.15, 0.2) is 0 Å². The van der Waals surface area contributed by atoms with Gasteiger partial charge in [-0.2, -0.15) is 0 Å². The maximum Gasteiger partial charge on any atom is 0.319 e. The SMILES string of the molecule is CN(C)c1ncc(NC(=O)N[C@H]2CCN(C)[C@@H]2c2ccccc2)cn1. The fourth-order valence-corrected chi connectivity index (χ4v) is 3.19. The second kappa shape index (κ2) is 7.48. The van der Waals surface area contributed by atoms with Crippen LogP contribution in [0.2, 0.25) is 0 Å². The predicted octanol–water partition coefficient (Wildman–Crippen LogP) is 2.11. The third-order valence-corrected chi connectivity index (χ3v) is 4.40. The molecule has 1 aliphatic rings. The quantitative estimate of drug-likeness (QED) is 0.892. The van der Waals surface area contributed by atoms with E-state index in [0.29, 0.717) is 11.6 Å². The largest absolute Gasteiger partial charge is 0.347 e. The van der Waals surface area contributed by atoms with Gasteiger partial charge in [-0.15, -0.1) is 0 Å². The van der Waals surface area contributed by atoms with Crippen molar-refractivity contribution in [2.75, 3.05) is 37.9 Å². The van der Waals surface area contributed by atoms with Crippen LogP contribution in [0.4, 0.5) is 16.4 Å². The maximum atomic E-state index is 12.4. The van der Waals surface area contributed by atoms with Crippen molar-refractivity contribution in [3.05, 3.63) is 48.3 Å². The number of hydrogen-bond donors (Lipinski definition) is 2. The van der Waals surface area contributed by atoms with E-state index < -0.39 is 0 Å². The zero-order valence-corrected chi connectivity index (χ0v) is 14.8. The summed E-state index contributed by atoms with van der Waals surface area (Å²) in [6, 6.07) is 10.3. The van der Waals surface area contributed by atoms with E-state index in [1.165, 1.54) is 5.56 Å². The molecule has 132 valence electrons. The lowest BCUT2D eigenvalue weighted by Crippen LogP contribution is -2.41. The summed E-state index contributed by atoms with van der Waals surface area (Å²) in [5.41, 5.74) is 1.79. The van der Waals surface area contributed by atoms with E-state index in [0.717, 1.165) is 13.0 Å². The molecule has 1 saturated heterocycles. The Morgan fingerprint density at radius 2 is 1.88 bits per heavy atom. The van der Waals surface area contributed by atoms with Crippen molar-refractivity contribution in [3.63, 3.8) is 0 Å². The average molecular weight is 340 g/mol. The fourth-order valence-electron chi connectivity index (χ4n) is 3.19. The molecule has 2 atom stereocenters.